The van der Waals surface area contributed by atoms with E-state index in [1.165, 1.54) is 5.56 Å². The van der Waals surface area contributed by atoms with Crippen LogP contribution in [0.2, 0.25) is 0 Å². The zero-order chi connectivity index (χ0) is 20.2. The third-order valence-electron chi connectivity index (χ3n) is 3.85. The highest BCUT2D eigenvalue weighted by atomic mass is 16.6. The first-order chi connectivity index (χ1) is 13.4. The highest BCUT2D eigenvalue weighted by molar-refractivity contribution is 5.69. The first-order valence-corrected chi connectivity index (χ1v) is 9.74. The first-order valence-electron chi connectivity index (χ1n) is 9.74. The second-order valence-corrected chi connectivity index (χ2v) is 7.60. The number of hydrogen-bond acceptors (Lipinski definition) is 5. The zero-order valence-electron chi connectivity index (χ0n) is 17.1. The fourth-order valence-electron chi connectivity index (χ4n) is 2.53. The van der Waals surface area contributed by atoms with Gasteiger partial charge in [0.05, 0.1) is 13.0 Å². The van der Waals surface area contributed by atoms with Crippen LogP contribution >= 0.6 is 0 Å². The van der Waals surface area contributed by atoms with E-state index in [1.807, 2.05) is 51.1 Å². The number of ether oxygens (including phenoxy) is 2. The molecule has 0 bridgehead atoms. The summed E-state index contributed by atoms with van der Waals surface area (Å²) in [4.78, 5) is 16.8. The molecule has 0 amide bonds. The number of rotatable bonds is 11. The third kappa shape index (κ3) is 9.53. The molecule has 0 radical (unpaired) electrons. The number of carbonyl (C=O) groups excluding carboxylic acids is 1. The Bertz CT molecular complexity index is 693. The summed E-state index contributed by atoms with van der Waals surface area (Å²) < 4.78 is 11.0. The van der Waals surface area contributed by atoms with Gasteiger partial charge in [0, 0.05) is 6.54 Å². The van der Waals surface area contributed by atoms with Gasteiger partial charge in [0.15, 0.2) is 0 Å². The van der Waals surface area contributed by atoms with Crippen molar-refractivity contribution in [3.05, 3.63) is 65.7 Å². The van der Waals surface area contributed by atoms with Gasteiger partial charge in [-0.25, -0.2) is 5.48 Å². The van der Waals surface area contributed by atoms with Crippen molar-refractivity contribution in [1.29, 1.82) is 0 Å². The van der Waals surface area contributed by atoms with Crippen LogP contribution in [0.1, 0.15) is 44.7 Å². The molecule has 0 aliphatic carbocycles. The second kappa shape index (κ2) is 11.5. The number of esters is 1. The quantitative estimate of drug-likeness (QED) is 0.352. The average Bonchev–Trinajstić information content (AvgIpc) is 2.66. The summed E-state index contributed by atoms with van der Waals surface area (Å²) >= 11 is 0. The lowest BCUT2D eigenvalue weighted by Crippen LogP contribution is -2.25. The molecular formula is C23H31NO4. The molecule has 5 nitrogen and oxygen atoms in total. The van der Waals surface area contributed by atoms with Crippen molar-refractivity contribution in [3.8, 4) is 5.75 Å². The van der Waals surface area contributed by atoms with Gasteiger partial charge >= 0.3 is 5.97 Å². The summed E-state index contributed by atoms with van der Waals surface area (Å²) in [5.41, 5.74) is 4.85. The number of carbonyl (C=O) groups is 1. The topological polar surface area (TPSA) is 56.8 Å². The molecule has 0 aliphatic rings. The van der Waals surface area contributed by atoms with Crippen LogP contribution in [0, 0.1) is 0 Å². The molecule has 2 rings (SSSR count). The van der Waals surface area contributed by atoms with Crippen LogP contribution in [0.25, 0.3) is 0 Å². The Morgan fingerprint density at radius 2 is 1.68 bits per heavy atom. The van der Waals surface area contributed by atoms with Gasteiger partial charge in [-0.15, -0.1) is 0 Å². The Labute approximate surface area is 168 Å². The molecule has 0 unspecified atom stereocenters. The van der Waals surface area contributed by atoms with Crippen molar-refractivity contribution < 1.29 is 19.1 Å². The van der Waals surface area contributed by atoms with Gasteiger partial charge in [-0.1, -0.05) is 42.5 Å². The molecule has 28 heavy (non-hydrogen) atoms. The Hall–Kier alpha value is -2.37. The van der Waals surface area contributed by atoms with Crippen molar-refractivity contribution in [2.24, 2.45) is 0 Å². The summed E-state index contributed by atoms with van der Waals surface area (Å²) in [6.45, 7) is 7.16. The minimum absolute atomic E-state index is 0.245. The molecule has 0 saturated heterocycles. The van der Waals surface area contributed by atoms with E-state index >= 15 is 0 Å². The lowest BCUT2D eigenvalue weighted by molar-refractivity contribution is -0.156. The first kappa shape index (κ1) is 21.9. The van der Waals surface area contributed by atoms with Crippen LogP contribution in [-0.4, -0.2) is 24.7 Å². The van der Waals surface area contributed by atoms with Gasteiger partial charge in [-0.05, 0) is 56.9 Å². The summed E-state index contributed by atoms with van der Waals surface area (Å²) in [6.07, 6.45) is 2.13. The number of hydroxylamine groups is 1. The number of aryl methyl sites for hydroxylation is 1. The van der Waals surface area contributed by atoms with Gasteiger partial charge in [0.2, 0.25) is 0 Å². The molecule has 0 aliphatic heterocycles. The summed E-state index contributed by atoms with van der Waals surface area (Å²) in [5, 5.41) is 0. The second-order valence-electron chi connectivity index (χ2n) is 7.60. The van der Waals surface area contributed by atoms with Crippen molar-refractivity contribution in [1.82, 2.24) is 5.48 Å². The third-order valence-corrected chi connectivity index (χ3v) is 3.85. The lowest BCUT2D eigenvalue weighted by Gasteiger charge is -2.19. The molecule has 5 heteroatoms. The van der Waals surface area contributed by atoms with Crippen LogP contribution in [0.3, 0.4) is 0 Å². The molecule has 0 fully saturated rings. The van der Waals surface area contributed by atoms with Crippen molar-refractivity contribution >= 4 is 5.97 Å². The van der Waals surface area contributed by atoms with Crippen molar-refractivity contribution in [2.45, 2.75) is 52.2 Å². The minimum atomic E-state index is -0.452. The molecule has 152 valence electrons. The van der Waals surface area contributed by atoms with Gasteiger partial charge in [0.1, 0.15) is 18.0 Å². The highest BCUT2D eigenvalue weighted by Crippen LogP contribution is 2.15. The Morgan fingerprint density at radius 3 is 2.36 bits per heavy atom. The van der Waals surface area contributed by atoms with E-state index in [4.69, 9.17) is 14.3 Å². The Kier molecular flexibility index (Phi) is 8.98. The zero-order valence-corrected chi connectivity index (χ0v) is 17.1. The molecular weight excluding hydrogens is 354 g/mol. The predicted octanol–water partition coefficient (Wildman–Crippen LogP) is 4.45. The van der Waals surface area contributed by atoms with Crippen LogP contribution in [0.4, 0.5) is 0 Å². The van der Waals surface area contributed by atoms with Crippen LogP contribution in [-0.2, 0) is 27.4 Å². The van der Waals surface area contributed by atoms with E-state index in [2.05, 4.69) is 29.7 Å². The summed E-state index contributed by atoms with van der Waals surface area (Å²) in [5.74, 6) is 0.625. The van der Waals surface area contributed by atoms with E-state index in [0.29, 0.717) is 13.2 Å². The Morgan fingerprint density at radius 1 is 0.964 bits per heavy atom. The molecule has 2 aromatic rings. The van der Waals surface area contributed by atoms with E-state index in [1.54, 1.807) is 0 Å². The molecule has 0 spiro atoms. The van der Waals surface area contributed by atoms with E-state index in [9.17, 15) is 4.79 Å². The van der Waals surface area contributed by atoms with E-state index in [0.717, 1.165) is 30.7 Å². The van der Waals surface area contributed by atoms with E-state index in [-0.39, 0.29) is 12.4 Å². The monoisotopic (exact) mass is 385 g/mol. The smallest absolute Gasteiger partial charge is 0.308 e. The predicted molar refractivity (Wildman–Crippen MR) is 110 cm³/mol. The van der Waals surface area contributed by atoms with Gasteiger partial charge < -0.3 is 14.3 Å². The van der Waals surface area contributed by atoms with E-state index < -0.39 is 5.60 Å². The van der Waals surface area contributed by atoms with Gasteiger partial charge in [-0.2, -0.15) is 0 Å². The molecule has 0 heterocycles. The van der Waals surface area contributed by atoms with Crippen LogP contribution in [0.15, 0.2) is 54.6 Å². The van der Waals surface area contributed by atoms with Crippen molar-refractivity contribution in [2.75, 3.05) is 13.2 Å². The standard InChI is InChI=1S/C23H31NO4/c1-23(2,3)28-22(25)15-17-27-24-16-7-10-19-11-13-21(14-12-19)26-18-20-8-5-4-6-9-20/h4-6,8-9,11-14,24H,7,10,15-18H2,1-3H3. The van der Waals surface area contributed by atoms with Crippen LogP contribution < -0.4 is 10.2 Å². The maximum absolute atomic E-state index is 11.5. The maximum atomic E-state index is 11.5. The normalized spacial score (nSPS) is 11.2. The molecule has 2 aromatic carbocycles. The van der Waals surface area contributed by atoms with Gasteiger partial charge in [-0.3, -0.25) is 4.79 Å². The fraction of sp³-hybridized carbons (Fsp3) is 0.435. The molecule has 0 saturated carbocycles. The summed E-state index contributed by atoms with van der Waals surface area (Å²) in [6, 6.07) is 18.3. The SMILES string of the molecule is CC(C)(C)OC(=O)CCONCCCc1ccc(OCc2ccccc2)cc1. The molecule has 1 N–H and O–H groups in total. The van der Waals surface area contributed by atoms with Crippen molar-refractivity contribution in [3.63, 3.8) is 0 Å². The largest absolute Gasteiger partial charge is 0.489 e. The lowest BCUT2D eigenvalue weighted by atomic mass is 10.1. The fourth-order valence-corrected chi connectivity index (χ4v) is 2.53. The molecule has 0 atom stereocenters. The molecule has 0 aromatic heterocycles. The number of benzene rings is 2. The summed E-state index contributed by atoms with van der Waals surface area (Å²) in [7, 11) is 0. The number of nitrogens with one attached hydrogen (secondary N) is 1. The number of hydrogen-bond donors (Lipinski definition) is 1. The Balaban J connectivity index is 1.54. The maximum Gasteiger partial charge on any atom is 0.308 e. The minimum Gasteiger partial charge on any atom is -0.489 e. The van der Waals surface area contributed by atoms with Gasteiger partial charge in [0.25, 0.3) is 0 Å². The average molecular weight is 386 g/mol. The highest BCUT2D eigenvalue weighted by Gasteiger charge is 2.15. The van der Waals surface area contributed by atoms with Crippen LogP contribution in [0.5, 0.6) is 5.75 Å².